The molecule has 0 aliphatic carbocycles. The molecule has 1 aromatic rings. The van der Waals surface area contributed by atoms with Crippen LogP contribution in [0.25, 0.3) is 0 Å². The standard InChI is InChI=1S/C12H12BrFN2O4S/c13-7-1-2-9(8(14)3-7)16-11(18)5-21-4-10(12(19)20)15-6-17/h1-3,6,10H,4-5H2,(H,15,17)(H,16,18)(H,19,20). The molecule has 0 heterocycles. The lowest BCUT2D eigenvalue weighted by Gasteiger charge is -2.10. The first kappa shape index (κ1) is 17.4. The van der Waals surface area contributed by atoms with Gasteiger partial charge in [-0.15, -0.1) is 11.8 Å². The van der Waals surface area contributed by atoms with Crippen LogP contribution >= 0.6 is 27.7 Å². The van der Waals surface area contributed by atoms with Crippen molar-refractivity contribution in [3.05, 3.63) is 28.5 Å². The minimum absolute atomic E-state index is 0.0321. The zero-order chi connectivity index (χ0) is 15.8. The van der Waals surface area contributed by atoms with Crippen molar-refractivity contribution >= 4 is 51.7 Å². The summed E-state index contributed by atoms with van der Waals surface area (Å²) in [6.45, 7) is 0. The second-order valence-electron chi connectivity index (χ2n) is 3.86. The van der Waals surface area contributed by atoms with Crippen molar-refractivity contribution in [3.63, 3.8) is 0 Å². The van der Waals surface area contributed by atoms with Gasteiger partial charge in [-0.3, -0.25) is 9.59 Å². The molecule has 0 aliphatic heterocycles. The zero-order valence-electron chi connectivity index (χ0n) is 10.6. The number of rotatable bonds is 8. The molecular weight excluding hydrogens is 367 g/mol. The van der Waals surface area contributed by atoms with Gasteiger partial charge in [-0.05, 0) is 18.2 Å². The van der Waals surface area contributed by atoms with Crippen LogP contribution in [0.2, 0.25) is 0 Å². The minimum Gasteiger partial charge on any atom is -0.480 e. The lowest BCUT2D eigenvalue weighted by Crippen LogP contribution is -2.38. The molecule has 0 radical (unpaired) electrons. The molecule has 9 heteroatoms. The van der Waals surface area contributed by atoms with Crippen molar-refractivity contribution in [3.8, 4) is 0 Å². The first-order valence-corrected chi connectivity index (χ1v) is 7.64. The fourth-order valence-corrected chi connectivity index (χ4v) is 2.50. The van der Waals surface area contributed by atoms with Crippen molar-refractivity contribution in [1.82, 2.24) is 5.32 Å². The number of anilines is 1. The van der Waals surface area contributed by atoms with Crippen LogP contribution in [0, 0.1) is 5.82 Å². The fourth-order valence-electron chi connectivity index (χ4n) is 1.32. The Morgan fingerprint density at radius 1 is 1.48 bits per heavy atom. The van der Waals surface area contributed by atoms with E-state index in [1.54, 1.807) is 6.07 Å². The number of carbonyl (C=O) groups excluding carboxylic acids is 2. The number of amides is 2. The predicted octanol–water partition coefficient (Wildman–Crippen LogP) is 1.46. The Morgan fingerprint density at radius 3 is 2.76 bits per heavy atom. The molecule has 3 N–H and O–H groups in total. The number of halogens is 2. The average molecular weight is 379 g/mol. The maximum Gasteiger partial charge on any atom is 0.327 e. The van der Waals surface area contributed by atoms with Gasteiger partial charge in [0, 0.05) is 10.2 Å². The molecule has 0 bridgehead atoms. The Morgan fingerprint density at radius 2 is 2.19 bits per heavy atom. The second-order valence-corrected chi connectivity index (χ2v) is 5.81. The lowest BCUT2D eigenvalue weighted by molar-refractivity contribution is -0.139. The van der Waals surface area contributed by atoms with E-state index in [1.807, 2.05) is 0 Å². The highest BCUT2D eigenvalue weighted by Gasteiger charge is 2.17. The van der Waals surface area contributed by atoms with Gasteiger partial charge in [0.2, 0.25) is 12.3 Å². The van der Waals surface area contributed by atoms with E-state index in [9.17, 15) is 18.8 Å². The lowest BCUT2D eigenvalue weighted by atomic mass is 10.3. The third-order valence-corrected chi connectivity index (χ3v) is 3.82. The highest BCUT2D eigenvalue weighted by molar-refractivity contribution is 9.10. The van der Waals surface area contributed by atoms with Crippen LogP contribution in [0.5, 0.6) is 0 Å². The van der Waals surface area contributed by atoms with Crippen molar-refractivity contribution in [1.29, 1.82) is 0 Å². The molecule has 0 fully saturated rings. The van der Waals surface area contributed by atoms with Gasteiger partial charge in [-0.1, -0.05) is 15.9 Å². The van der Waals surface area contributed by atoms with Gasteiger partial charge in [0.15, 0.2) is 0 Å². The molecule has 2 amide bonds. The third kappa shape index (κ3) is 6.13. The molecule has 1 aromatic carbocycles. The van der Waals surface area contributed by atoms with Crippen LogP contribution in [-0.4, -0.2) is 40.9 Å². The van der Waals surface area contributed by atoms with E-state index in [0.29, 0.717) is 4.47 Å². The Kier molecular flexibility index (Phi) is 7.17. The average Bonchev–Trinajstić information content (AvgIpc) is 2.41. The molecule has 1 atom stereocenters. The summed E-state index contributed by atoms with van der Waals surface area (Å²) < 4.78 is 14.0. The van der Waals surface area contributed by atoms with Crippen LogP contribution < -0.4 is 10.6 Å². The van der Waals surface area contributed by atoms with Crippen LogP contribution in [0.4, 0.5) is 10.1 Å². The molecule has 114 valence electrons. The smallest absolute Gasteiger partial charge is 0.327 e. The molecule has 1 rings (SSSR count). The van der Waals surface area contributed by atoms with Gasteiger partial charge in [0.05, 0.1) is 11.4 Å². The highest BCUT2D eigenvalue weighted by atomic mass is 79.9. The minimum atomic E-state index is -1.19. The number of thioether (sulfide) groups is 1. The summed E-state index contributed by atoms with van der Waals surface area (Å²) >= 11 is 4.12. The number of aliphatic carboxylic acids is 1. The van der Waals surface area contributed by atoms with E-state index in [0.717, 1.165) is 11.8 Å². The van der Waals surface area contributed by atoms with E-state index in [4.69, 9.17) is 5.11 Å². The van der Waals surface area contributed by atoms with Crippen molar-refractivity contribution in [2.45, 2.75) is 6.04 Å². The van der Waals surface area contributed by atoms with Gasteiger partial charge in [0.25, 0.3) is 0 Å². The molecule has 0 saturated carbocycles. The number of hydrogen-bond acceptors (Lipinski definition) is 4. The summed E-state index contributed by atoms with van der Waals surface area (Å²) in [5.41, 5.74) is 0.0459. The first-order valence-electron chi connectivity index (χ1n) is 5.69. The van der Waals surface area contributed by atoms with Crippen molar-refractivity contribution < 1.29 is 23.9 Å². The number of carbonyl (C=O) groups is 3. The van der Waals surface area contributed by atoms with Crippen molar-refractivity contribution in [2.24, 2.45) is 0 Å². The maximum atomic E-state index is 13.5. The Bertz CT molecular complexity index is 544. The quantitative estimate of drug-likeness (QED) is 0.595. The topological polar surface area (TPSA) is 95.5 Å². The first-order chi connectivity index (χ1) is 9.93. The fraction of sp³-hybridized carbons (Fsp3) is 0.250. The molecule has 6 nitrogen and oxygen atoms in total. The summed E-state index contributed by atoms with van der Waals surface area (Å²) in [6, 6.07) is 3.15. The molecule has 0 spiro atoms. The van der Waals surface area contributed by atoms with Crippen LogP contribution in [0.3, 0.4) is 0 Å². The second kappa shape index (κ2) is 8.63. The highest BCUT2D eigenvalue weighted by Crippen LogP contribution is 2.19. The molecule has 0 saturated heterocycles. The summed E-state index contributed by atoms with van der Waals surface area (Å²) in [4.78, 5) is 32.6. The van der Waals surface area contributed by atoms with Gasteiger partial charge in [-0.25, -0.2) is 9.18 Å². The zero-order valence-corrected chi connectivity index (χ0v) is 13.0. The van der Waals surface area contributed by atoms with Gasteiger partial charge in [-0.2, -0.15) is 0 Å². The largest absolute Gasteiger partial charge is 0.480 e. The number of carboxylic acids is 1. The maximum absolute atomic E-state index is 13.5. The summed E-state index contributed by atoms with van der Waals surface area (Å²) in [6.07, 6.45) is 0.288. The molecule has 21 heavy (non-hydrogen) atoms. The Labute approximate surface area is 132 Å². The summed E-state index contributed by atoms with van der Waals surface area (Å²) in [5, 5.41) is 13.3. The van der Waals surface area contributed by atoms with Crippen LogP contribution in [0.15, 0.2) is 22.7 Å². The molecule has 1 unspecified atom stereocenters. The van der Waals surface area contributed by atoms with E-state index in [1.165, 1.54) is 12.1 Å². The predicted molar refractivity (Wildman–Crippen MR) is 80.7 cm³/mol. The van der Waals surface area contributed by atoms with Crippen molar-refractivity contribution in [2.75, 3.05) is 16.8 Å². The molecule has 0 aliphatic rings. The van der Waals surface area contributed by atoms with E-state index >= 15 is 0 Å². The monoisotopic (exact) mass is 378 g/mol. The summed E-state index contributed by atoms with van der Waals surface area (Å²) in [5.74, 6) is -2.25. The number of nitrogens with one attached hydrogen (secondary N) is 2. The van der Waals surface area contributed by atoms with E-state index < -0.39 is 23.7 Å². The van der Waals surface area contributed by atoms with Crippen LogP contribution in [-0.2, 0) is 14.4 Å². The van der Waals surface area contributed by atoms with E-state index in [2.05, 4.69) is 26.6 Å². The SMILES string of the molecule is O=CNC(CSCC(=O)Nc1ccc(Br)cc1F)C(=O)O. The normalized spacial score (nSPS) is 11.5. The number of hydrogen-bond donors (Lipinski definition) is 3. The number of benzene rings is 1. The van der Waals surface area contributed by atoms with E-state index in [-0.39, 0.29) is 23.6 Å². The van der Waals surface area contributed by atoms with Gasteiger partial charge in [0.1, 0.15) is 11.9 Å². The third-order valence-electron chi connectivity index (χ3n) is 2.29. The number of carboxylic acid groups (broad SMARTS) is 1. The Balaban J connectivity index is 2.43. The molecule has 0 aromatic heterocycles. The van der Waals surface area contributed by atoms with Gasteiger partial charge >= 0.3 is 5.97 Å². The molecular formula is C12H12BrFN2O4S. The Hall–Kier alpha value is -1.61. The summed E-state index contributed by atoms with van der Waals surface area (Å²) in [7, 11) is 0. The van der Waals surface area contributed by atoms with Crippen LogP contribution in [0.1, 0.15) is 0 Å². The van der Waals surface area contributed by atoms with Gasteiger partial charge < -0.3 is 15.7 Å².